The van der Waals surface area contributed by atoms with Gasteiger partial charge in [0, 0.05) is 0 Å². The van der Waals surface area contributed by atoms with Crippen molar-refractivity contribution in [3.05, 3.63) is 149 Å². The highest BCUT2D eigenvalue weighted by atomic mass is 19.1. The van der Waals surface area contributed by atoms with Crippen molar-refractivity contribution in [2.45, 2.75) is 82.6 Å². The molecule has 1 aliphatic rings. The number of aromatic nitrogens is 4. The van der Waals surface area contributed by atoms with Gasteiger partial charge in [-0.25, -0.2) is 9.07 Å². The number of halogens is 1. The monoisotopic (exact) mass is 631 g/mol. The molecule has 1 unspecified atom stereocenters. The summed E-state index contributed by atoms with van der Waals surface area (Å²) >= 11 is 0. The first kappa shape index (κ1) is 32.8. The van der Waals surface area contributed by atoms with E-state index in [2.05, 4.69) is 121 Å². The Morgan fingerprint density at radius 1 is 0.766 bits per heavy atom. The molecule has 7 nitrogen and oxygen atoms in total. The summed E-state index contributed by atoms with van der Waals surface area (Å²) in [5.74, 6) is 0.405. The van der Waals surface area contributed by atoms with Crippen molar-refractivity contribution < 1.29 is 13.7 Å². The fourth-order valence-corrected chi connectivity index (χ4v) is 6.47. The molecule has 1 N–H and O–H groups in total. The van der Waals surface area contributed by atoms with Crippen molar-refractivity contribution in [3.63, 3.8) is 0 Å². The zero-order valence-corrected chi connectivity index (χ0v) is 27.6. The minimum Gasteiger partial charge on any atom is -0.403 e. The number of tetrazole rings is 1. The number of nitrogens with zero attached hydrogens (tertiary/aromatic N) is 4. The topological polar surface area (TPSA) is 74.1 Å². The molecule has 1 atom stereocenters. The van der Waals surface area contributed by atoms with Crippen molar-refractivity contribution in [2.75, 3.05) is 0 Å². The van der Waals surface area contributed by atoms with Crippen LogP contribution in [0.25, 0.3) is 0 Å². The van der Waals surface area contributed by atoms with Crippen LogP contribution in [0.5, 0.6) is 0 Å². The summed E-state index contributed by atoms with van der Waals surface area (Å²) in [5, 5.41) is 17.2. The lowest BCUT2D eigenvalue weighted by Gasteiger charge is -2.40. The van der Waals surface area contributed by atoms with Gasteiger partial charge in [-0.2, -0.15) is 0 Å². The van der Waals surface area contributed by atoms with E-state index in [4.69, 9.17) is 9.31 Å². The van der Waals surface area contributed by atoms with Crippen molar-refractivity contribution in [1.82, 2.24) is 25.5 Å². The van der Waals surface area contributed by atoms with Gasteiger partial charge in [-0.05, 0) is 85.2 Å². The zero-order valence-electron chi connectivity index (χ0n) is 27.6. The molecule has 0 amide bonds. The van der Waals surface area contributed by atoms with Crippen LogP contribution in [0.3, 0.4) is 0 Å². The summed E-state index contributed by atoms with van der Waals surface area (Å²) in [6.07, 6.45) is 3.31. The van der Waals surface area contributed by atoms with Gasteiger partial charge in [0.05, 0.1) is 29.3 Å². The normalized spacial score (nSPS) is 16.3. The summed E-state index contributed by atoms with van der Waals surface area (Å²) in [6, 6.07) is 37.9. The predicted octanol–water partition coefficient (Wildman–Crippen LogP) is 7.75. The number of rotatable bonds is 13. The van der Waals surface area contributed by atoms with E-state index in [0.717, 1.165) is 47.8 Å². The van der Waals surface area contributed by atoms with Gasteiger partial charge in [0.1, 0.15) is 5.82 Å². The van der Waals surface area contributed by atoms with E-state index >= 15 is 0 Å². The van der Waals surface area contributed by atoms with Crippen LogP contribution in [0, 0.1) is 5.82 Å². The molecule has 1 aromatic heterocycles. The molecule has 0 bridgehead atoms. The van der Waals surface area contributed by atoms with Crippen LogP contribution in [0.15, 0.2) is 115 Å². The van der Waals surface area contributed by atoms with Crippen LogP contribution >= 0.6 is 0 Å². The molecule has 1 saturated heterocycles. The van der Waals surface area contributed by atoms with Crippen molar-refractivity contribution >= 4 is 7.12 Å². The lowest BCUT2D eigenvalue weighted by molar-refractivity contribution is 0.00578. The quantitative estimate of drug-likeness (QED) is 0.0814. The lowest BCUT2D eigenvalue weighted by Crippen LogP contribution is -2.47. The largest absolute Gasteiger partial charge is 0.457 e. The molecule has 1 fully saturated rings. The van der Waals surface area contributed by atoms with Crippen LogP contribution in [-0.2, 0) is 21.4 Å². The molecule has 47 heavy (non-hydrogen) atoms. The van der Waals surface area contributed by atoms with E-state index in [0.29, 0.717) is 12.4 Å². The highest BCUT2D eigenvalue weighted by molar-refractivity contribution is 6.45. The van der Waals surface area contributed by atoms with Crippen molar-refractivity contribution in [3.8, 4) is 0 Å². The summed E-state index contributed by atoms with van der Waals surface area (Å²) in [6.45, 7) is 8.69. The second kappa shape index (κ2) is 13.9. The Morgan fingerprint density at radius 3 is 1.85 bits per heavy atom. The van der Waals surface area contributed by atoms with Gasteiger partial charge < -0.3 is 9.31 Å². The summed E-state index contributed by atoms with van der Waals surface area (Å²) < 4.78 is 28.5. The molecule has 4 aromatic carbocycles. The number of nitrogens with one attached hydrogen (secondary N) is 1. The van der Waals surface area contributed by atoms with Gasteiger partial charge in [0.15, 0.2) is 5.82 Å². The fraction of sp³-hybridized carbons (Fsp3) is 0.342. The summed E-state index contributed by atoms with van der Waals surface area (Å²) in [7, 11) is -0.248. The smallest absolute Gasteiger partial charge is 0.403 e. The molecule has 9 heteroatoms. The minimum absolute atomic E-state index is 0.248. The van der Waals surface area contributed by atoms with E-state index in [-0.39, 0.29) is 30.2 Å². The Labute approximate surface area is 277 Å². The molecule has 5 aromatic rings. The number of benzene rings is 4. The first-order valence-corrected chi connectivity index (χ1v) is 16.5. The molecular weight excluding hydrogens is 588 g/mol. The maximum atomic E-state index is 14.2. The van der Waals surface area contributed by atoms with Gasteiger partial charge in [0.2, 0.25) is 0 Å². The Morgan fingerprint density at radius 2 is 1.32 bits per heavy atom. The van der Waals surface area contributed by atoms with E-state index in [1.54, 1.807) is 10.7 Å². The van der Waals surface area contributed by atoms with Crippen molar-refractivity contribution in [1.29, 1.82) is 0 Å². The molecular formula is C38H43BFN5O2. The van der Waals surface area contributed by atoms with Gasteiger partial charge in [-0.3, -0.25) is 5.32 Å². The number of unbranched alkanes of at least 4 members (excludes halogenated alkanes) is 1. The van der Waals surface area contributed by atoms with Gasteiger partial charge >= 0.3 is 7.12 Å². The van der Waals surface area contributed by atoms with Crippen molar-refractivity contribution in [2.24, 2.45) is 0 Å². The molecule has 6 rings (SSSR count). The second-order valence-corrected chi connectivity index (χ2v) is 13.3. The molecule has 0 saturated carbocycles. The number of hydrogen-bond acceptors (Lipinski definition) is 6. The van der Waals surface area contributed by atoms with E-state index in [1.165, 1.54) is 12.1 Å². The third kappa shape index (κ3) is 7.08. The SMILES string of the molecule is CC1(C)OB(CCCCC(NC(c2ccccc2)(c2ccccc2)c2ccccc2)c2nnnn2Cc2cccc(F)c2)OC1(C)C. The average Bonchev–Trinajstić information content (AvgIpc) is 3.61. The highest BCUT2D eigenvalue weighted by Gasteiger charge is 2.50. The van der Waals surface area contributed by atoms with Gasteiger partial charge in [0.25, 0.3) is 0 Å². The summed E-state index contributed by atoms with van der Waals surface area (Å²) in [5.41, 5.74) is 2.65. The lowest BCUT2D eigenvalue weighted by atomic mass is 9.76. The maximum absolute atomic E-state index is 14.2. The van der Waals surface area contributed by atoms with Crippen LogP contribution in [-0.4, -0.2) is 38.5 Å². The van der Waals surface area contributed by atoms with E-state index in [1.807, 2.05) is 24.3 Å². The predicted molar refractivity (Wildman–Crippen MR) is 183 cm³/mol. The standard InChI is InChI=1S/C38H43BFN5O2/c1-36(2)37(3,4)47-39(46-36)26-15-14-25-34(35-42-43-44-45(35)28-29-17-16-24-33(40)27-29)41-38(30-18-8-5-9-19-30,31-20-10-6-11-21-31)32-22-12-7-13-23-32/h5-13,16-24,27,34,41H,14-15,25-26,28H2,1-4H3. The Bertz CT molecular complexity index is 1620. The molecule has 0 spiro atoms. The van der Waals surface area contributed by atoms with Crippen LogP contribution < -0.4 is 5.32 Å². The molecule has 242 valence electrons. The first-order valence-electron chi connectivity index (χ1n) is 16.5. The molecule has 1 aliphatic heterocycles. The fourth-order valence-electron chi connectivity index (χ4n) is 6.47. The molecule has 0 aliphatic carbocycles. The highest BCUT2D eigenvalue weighted by Crippen LogP contribution is 2.41. The molecule has 0 radical (unpaired) electrons. The first-order chi connectivity index (χ1) is 22.7. The summed E-state index contributed by atoms with van der Waals surface area (Å²) in [4.78, 5) is 0. The number of hydrogen-bond donors (Lipinski definition) is 1. The average molecular weight is 632 g/mol. The third-order valence-corrected chi connectivity index (χ3v) is 9.59. The Kier molecular flexibility index (Phi) is 9.68. The van der Waals surface area contributed by atoms with Crippen LogP contribution in [0.4, 0.5) is 4.39 Å². The minimum atomic E-state index is -0.726. The van der Waals surface area contributed by atoms with Gasteiger partial charge in [-0.1, -0.05) is 116 Å². The van der Waals surface area contributed by atoms with E-state index < -0.39 is 5.54 Å². The Balaban J connectivity index is 1.37. The second-order valence-electron chi connectivity index (χ2n) is 13.3. The zero-order chi connectivity index (χ0) is 32.9. The third-order valence-electron chi connectivity index (χ3n) is 9.59. The van der Waals surface area contributed by atoms with Crippen LogP contribution in [0.2, 0.25) is 6.32 Å². The Hall–Kier alpha value is -4.18. The maximum Gasteiger partial charge on any atom is 0.457 e. The van der Waals surface area contributed by atoms with E-state index in [9.17, 15) is 4.39 Å². The van der Waals surface area contributed by atoms with Crippen LogP contribution in [0.1, 0.15) is 81.1 Å². The molecule has 2 heterocycles. The van der Waals surface area contributed by atoms with Gasteiger partial charge in [-0.15, -0.1) is 5.10 Å².